The number of hydrogen-bond acceptors (Lipinski definition) is 5. The van der Waals surface area contributed by atoms with Crippen molar-refractivity contribution in [1.82, 2.24) is 5.32 Å². The number of hydrogen-bond donors (Lipinski definition) is 2. The molecule has 0 aromatic heterocycles. The van der Waals surface area contributed by atoms with Crippen LogP contribution in [0.5, 0.6) is 5.75 Å². The molecule has 7 nitrogen and oxygen atoms in total. The minimum absolute atomic E-state index is 0.0232. The van der Waals surface area contributed by atoms with Crippen LogP contribution in [-0.4, -0.2) is 30.5 Å². The highest BCUT2D eigenvalue weighted by Crippen LogP contribution is 2.26. The van der Waals surface area contributed by atoms with Gasteiger partial charge in [0.05, 0.1) is 24.1 Å². The molecule has 2 rings (SSSR count). The summed E-state index contributed by atoms with van der Waals surface area (Å²) in [7, 11) is 1.45. The summed E-state index contributed by atoms with van der Waals surface area (Å²) in [6, 6.07) is 4.38. The van der Waals surface area contributed by atoms with E-state index in [1.165, 1.54) is 19.2 Å². The first-order valence-electron chi connectivity index (χ1n) is 5.45. The summed E-state index contributed by atoms with van der Waals surface area (Å²) in [5.74, 6) is 0.383. The zero-order valence-corrected chi connectivity index (χ0v) is 9.80. The molecular formula is C11H13N3O4. The highest BCUT2D eigenvalue weighted by molar-refractivity contribution is 5.79. The molecule has 1 amide bonds. The Balaban J connectivity index is 2.18. The predicted molar refractivity (Wildman–Crippen MR) is 64.7 cm³/mol. The molecule has 1 saturated heterocycles. The number of non-ortho nitro benzene ring substituents is 1. The fourth-order valence-electron chi connectivity index (χ4n) is 1.83. The van der Waals surface area contributed by atoms with Crippen molar-refractivity contribution in [3.8, 4) is 5.75 Å². The Kier molecular flexibility index (Phi) is 3.31. The van der Waals surface area contributed by atoms with Gasteiger partial charge in [-0.2, -0.15) is 0 Å². The Labute approximate surface area is 103 Å². The number of rotatable bonds is 4. The highest BCUT2D eigenvalue weighted by atomic mass is 16.6. The van der Waals surface area contributed by atoms with Gasteiger partial charge in [0.25, 0.3) is 5.69 Å². The topological polar surface area (TPSA) is 93.5 Å². The average Bonchev–Trinajstić information content (AvgIpc) is 2.74. The average molecular weight is 251 g/mol. The number of nitro benzene ring substituents is 1. The van der Waals surface area contributed by atoms with E-state index in [9.17, 15) is 14.9 Å². The van der Waals surface area contributed by atoms with Crippen LogP contribution in [0.3, 0.4) is 0 Å². The molecule has 0 spiro atoms. The van der Waals surface area contributed by atoms with E-state index in [1.54, 1.807) is 6.07 Å². The van der Waals surface area contributed by atoms with Crippen molar-refractivity contribution in [2.24, 2.45) is 0 Å². The molecule has 0 bridgehead atoms. The SMILES string of the molecule is COc1cc(NC2CNC(=O)C2)cc([N+](=O)[O-])c1. The summed E-state index contributed by atoms with van der Waals surface area (Å²) in [5.41, 5.74) is 0.525. The standard InChI is InChI=1S/C11H13N3O4/c1-18-10-3-7(2-9(5-10)14(16)17)13-8-4-11(15)12-6-8/h2-3,5,8,13H,4,6H2,1H3,(H,12,15). The van der Waals surface area contributed by atoms with E-state index < -0.39 is 4.92 Å². The van der Waals surface area contributed by atoms with Crippen molar-refractivity contribution in [2.75, 3.05) is 19.0 Å². The lowest BCUT2D eigenvalue weighted by Gasteiger charge is -2.12. The lowest BCUT2D eigenvalue weighted by molar-refractivity contribution is -0.384. The second-order valence-corrected chi connectivity index (χ2v) is 4.03. The largest absolute Gasteiger partial charge is 0.496 e. The molecule has 1 aromatic rings. The van der Waals surface area contributed by atoms with Crippen LogP contribution in [0.1, 0.15) is 6.42 Å². The molecule has 0 saturated carbocycles. The van der Waals surface area contributed by atoms with Crippen molar-refractivity contribution in [3.63, 3.8) is 0 Å². The quantitative estimate of drug-likeness (QED) is 0.612. The van der Waals surface area contributed by atoms with E-state index >= 15 is 0 Å². The lowest BCUT2D eigenvalue weighted by Crippen LogP contribution is -2.22. The van der Waals surface area contributed by atoms with Crippen molar-refractivity contribution in [3.05, 3.63) is 28.3 Å². The van der Waals surface area contributed by atoms with Crippen LogP contribution in [0.4, 0.5) is 11.4 Å². The lowest BCUT2D eigenvalue weighted by atomic mass is 10.2. The van der Waals surface area contributed by atoms with Gasteiger partial charge in [0.15, 0.2) is 0 Å². The number of ether oxygens (including phenoxy) is 1. The van der Waals surface area contributed by atoms with Gasteiger partial charge in [-0.15, -0.1) is 0 Å². The summed E-state index contributed by atoms with van der Waals surface area (Å²) in [6.07, 6.45) is 0.366. The van der Waals surface area contributed by atoms with Gasteiger partial charge in [0.2, 0.25) is 5.91 Å². The second-order valence-electron chi connectivity index (χ2n) is 4.03. The number of nitrogens with zero attached hydrogens (tertiary/aromatic N) is 1. The normalized spacial score (nSPS) is 18.3. The molecule has 1 aromatic carbocycles. The number of benzene rings is 1. The molecule has 1 fully saturated rings. The van der Waals surface area contributed by atoms with Crippen LogP contribution in [0.2, 0.25) is 0 Å². The van der Waals surface area contributed by atoms with Crippen LogP contribution in [0.15, 0.2) is 18.2 Å². The number of carbonyl (C=O) groups excluding carboxylic acids is 1. The van der Waals surface area contributed by atoms with E-state index in [0.717, 1.165) is 0 Å². The molecule has 1 heterocycles. The van der Waals surface area contributed by atoms with Crippen LogP contribution >= 0.6 is 0 Å². The maximum atomic E-state index is 11.1. The predicted octanol–water partition coefficient (Wildman–Crippen LogP) is 0.904. The maximum absolute atomic E-state index is 11.1. The summed E-state index contributed by atoms with van der Waals surface area (Å²) in [6.45, 7) is 0.518. The molecule has 0 aliphatic carbocycles. The monoisotopic (exact) mass is 251 g/mol. The Hall–Kier alpha value is -2.31. The number of carbonyl (C=O) groups is 1. The van der Waals surface area contributed by atoms with Gasteiger partial charge in [-0.05, 0) is 0 Å². The Morgan fingerprint density at radius 3 is 2.83 bits per heavy atom. The van der Waals surface area contributed by atoms with Crippen molar-refractivity contribution in [1.29, 1.82) is 0 Å². The zero-order valence-electron chi connectivity index (χ0n) is 9.80. The fourth-order valence-corrected chi connectivity index (χ4v) is 1.83. The molecule has 2 N–H and O–H groups in total. The van der Waals surface area contributed by atoms with E-state index in [-0.39, 0.29) is 17.6 Å². The number of nitrogens with one attached hydrogen (secondary N) is 2. The number of methoxy groups -OCH3 is 1. The van der Waals surface area contributed by atoms with Crippen LogP contribution in [0.25, 0.3) is 0 Å². The summed E-state index contributed by atoms with van der Waals surface area (Å²) < 4.78 is 5.00. The minimum atomic E-state index is -0.480. The van der Waals surface area contributed by atoms with Crippen LogP contribution < -0.4 is 15.4 Å². The number of nitro groups is 1. The van der Waals surface area contributed by atoms with Gasteiger partial charge in [-0.25, -0.2) is 0 Å². The highest BCUT2D eigenvalue weighted by Gasteiger charge is 2.22. The van der Waals surface area contributed by atoms with Crippen molar-refractivity contribution < 1.29 is 14.5 Å². The molecule has 1 atom stereocenters. The first-order chi connectivity index (χ1) is 8.58. The van der Waals surface area contributed by atoms with Gasteiger partial charge in [0, 0.05) is 30.8 Å². The first kappa shape index (κ1) is 12.2. The van der Waals surface area contributed by atoms with Crippen LogP contribution in [-0.2, 0) is 4.79 Å². The molecule has 7 heteroatoms. The van der Waals surface area contributed by atoms with E-state index in [1.807, 2.05) is 0 Å². The fraction of sp³-hybridized carbons (Fsp3) is 0.364. The van der Waals surface area contributed by atoms with Gasteiger partial charge < -0.3 is 15.4 Å². The maximum Gasteiger partial charge on any atom is 0.275 e. The Bertz CT molecular complexity index is 489. The molecule has 96 valence electrons. The van der Waals surface area contributed by atoms with E-state index in [0.29, 0.717) is 24.4 Å². The third-order valence-electron chi connectivity index (χ3n) is 2.69. The Morgan fingerprint density at radius 2 is 2.28 bits per heavy atom. The molecule has 18 heavy (non-hydrogen) atoms. The second kappa shape index (κ2) is 4.91. The smallest absolute Gasteiger partial charge is 0.275 e. The molecule has 0 radical (unpaired) electrons. The molecule has 1 aliphatic heterocycles. The van der Waals surface area contributed by atoms with Crippen molar-refractivity contribution >= 4 is 17.3 Å². The summed E-state index contributed by atoms with van der Waals surface area (Å²) >= 11 is 0. The summed E-state index contributed by atoms with van der Waals surface area (Å²) in [5, 5.41) is 16.5. The molecular weight excluding hydrogens is 238 g/mol. The minimum Gasteiger partial charge on any atom is -0.496 e. The first-order valence-corrected chi connectivity index (χ1v) is 5.45. The number of anilines is 1. The molecule has 1 aliphatic rings. The van der Waals surface area contributed by atoms with Gasteiger partial charge >= 0.3 is 0 Å². The van der Waals surface area contributed by atoms with Gasteiger partial charge in [0.1, 0.15) is 5.75 Å². The Morgan fingerprint density at radius 1 is 1.50 bits per heavy atom. The zero-order chi connectivity index (χ0) is 13.1. The van der Waals surface area contributed by atoms with Gasteiger partial charge in [-0.1, -0.05) is 0 Å². The van der Waals surface area contributed by atoms with E-state index in [2.05, 4.69) is 10.6 Å². The third-order valence-corrected chi connectivity index (χ3v) is 2.69. The third kappa shape index (κ3) is 2.68. The van der Waals surface area contributed by atoms with Gasteiger partial charge in [-0.3, -0.25) is 14.9 Å². The number of amides is 1. The molecule has 1 unspecified atom stereocenters. The van der Waals surface area contributed by atoms with Crippen molar-refractivity contribution in [2.45, 2.75) is 12.5 Å². The summed E-state index contributed by atoms with van der Waals surface area (Å²) in [4.78, 5) is 21.3. The van der Waals surface area contributed by atoms with Crippen LogP contribution in [0, 0.1) is 10.1 Å². The van der Waals surface area contributed by atoms with E-state index in [4.69, 9.17) is 4.74 Å².